The van der Waals surface area contributed by atoms with Gasteiger partial charge in [0.1, 0.15) is 0 Å². The molecule has 0 radical (unpaired) electrons. The molecule has 2 nitrogen and oxygen atoms in total. The molecule has 0 heterocycles. The maximum atomic E-state index is 10.9. The van der Waals surface area contributed by atoms with Crippen LogP contribution in [0.1, 0.15) is 64.7 Å². The quantitative estimate of drug-likeness (QED) is 0.271. The van der Waals surface area contributed by atoms with E-state index in [1.54, 1.807) is 0 Å². The number of carbonyl (C=O) groups excluding carboxylic acids is 1. The summed E-state index contributed by atoms with van der Waals surface area (Å²) in [4.78, 5) is 10.9. The summed E-state index contributed by atoms with van der Waals surface area (Å²) in [5.74, 6) is 5.83. The largest absolute Gasteiger partial charge is 0.469 e. The lowest BCUT2D eigenvalue weighted by molar-refractivity contribution is -0.140. The average molecular weight is 273 g/mol. The molecule has 0 aromatic heterocycles. The van der Waals surface area contributed by atoms with Crippen molar-refractivity contribution in [2.75, 3.05) is 7.11 Å². The van der Waals surface area contributed by atoms with Gasteiger partial charge in [-0.15, -0.1) is 17.5 Å². The second-order valence-corrected chi connectivity index (χ2v) is 4.95. The highest BCUT2D eigenvalue weighted by Gasteiger charge is 2.05. The van der Waals surface area contributed by atoms with E-state index in [0.29, 0.717) is 12.8 Å². The summed E-state index contributed by atoms with van der Waals surface area (Å²) in [6.45, 7) is 2.22. The van der Waals surface area contributed by atoms with Gasteiger partial charge in [-0.2, -0.15) is 0 Å². The lowest BCUT2D eigenvalue weighted by atomic mass is 10.1. The van der Waals surface area contributed by atoms with E-state index in [4.69, 9.17) is 11.6 Å². The van der Waals surface area contributed by atoms with E-state index < -0.39 is 0 Å². The van der Waals surface area contributed by atoms with Gasteiger partial charge in [0.2, 0.25) is 0 Å². The summed E-state index contributed by atoms with van der Waals surface area (Å²) in [6.07, 6.45) is 9.49. The Labute approximate surface area is 116 Å². The molecule has 0 aromatic carbocycles. The van der Waals surface area contributed by atoms with Crippen LogP contribution in [-0.2, 0) is 9.53 Å². The number of ether oxygens (including phenoxy) is 1. The number of methoxy groups -OCH3 is 1. The molecule has 3 heteroatoms. The second-order valence-electron chi connectivity index (χ2n) is 4.42. The van der Waals surface area contributed by atoms with Gasteiger partial charge in [-0.3, -0.25) is 4.79 Å². The number of alkyl halides is 1. The van der Waals surface area contributed by atoms with Crippen LogP contribution in [0.4, 0.5) is 0 Å². The number of hydrogen-bond acceptors (Lipinski definition) is 2. The third-order valence-corrected chi connectivity index (χ3v) is 3.07. The predicted octanol–water partition coefficient (Wildman–Crippen LogP) is 4.30. The molecule has 0 rings (SSSR count). The van der Waals surface area contributed by atoms with Crippen molar-refractivity contribution in [3.05, 3.63) is 0 Å². The van der Waals surface area contributed by atoms with Gasteiger partial charge >= 0.3 is 5.97 Å². The molecule has 0 aliphatic heterocycles. The van der Waals surface area contributed by atoms with E-state index in [1.165, 1.54) is 39.2 Å². The molecule has 0 amide bonds. The van der Waals surface area contributed by atoms with Gasteiger partial charge < -0.3 is 4.74 Å². The fourth-order valence-electron chi connectivity index (χ4n) is 1.60. The second kappa shape index (κ2) is 12.8. The van der Waals surface area contributed by atoms with Gasteiger partial charge in [0.25, 0.3) is 0 Å². The van der Waals surface area contributed by atoms with E-state index in [0.717, 1.165) is 12.8 Å². The van der Waals surface area contributed by atoms with Gasteiger partial charge in [0.05, 0.1) is 12.5 Å². The van der Waals surface area contributed by atoms with Crippen LogP contribution in [0, 0.1) is 11.8 Å². The molecule has 0 bridgehead atoms. The molecule has 104 valence electrons. The first-order valence-electron chi connectivity index (χ1n) is 6.90. The molecule has 0 fully saturated rings. The minimum Gasteiger partial charge on any atom is -0.469 e. The standard InChI is InChI=1S/C15H25ClO2/c1-3-4-5-6-7-8-9-10-11-14(16)12-13-15(17)18-2/h14H,3-9,12-13H2,1-2H3. The molecule has 0 aromatic rings. The van der Waals surface area contributed by atoms with Crippen LogP contribution < -0.4 is 0 Å². The average Bonchev–Trinajstić information content (AvgIpc) is 2.39. The smallest absolute Gasteiger partial charge is 0.305 e. The molecule has 0 spiro atoms. The van der Waals surface area contributed by atoms with Gasteiger partial charge in [-0.1, -0.05) is 44.9 Å². The Morgan fingerprint density at radius 2 is 1.89 bits per heavy atom. The Hall–Kier alpha value is -0.680. The maximum Gasteiger partial charge on any atom is 0.305 e. The first kappa shape index (κ1) is 17.3. The van der Waals surface area contributed by atoms with Crippen molar-refractivity contribution < 1.29 is 9.53 Å². The van der Waals surface area contributed by atoms with Crippen LogP contribution in [0.25, 0.3) is 0 Å². The van der Waals surface area contributed by atoms with Crippen molar-refractivity contribution in [1.82, 2.24) is 0 Å². The maximum absolute atomic E-state index is 10.9. The minimum absolute atomic E-state index is 0.224. The highest BCUT2D eigenvalue weighted by atomic mass is 35.5. The summed E-state index contributed by atoms with van der Waals surface area (Å²) in [5, 5.41) is -0.232. The molecular weight excluding hydrogens is 248 g/mol. The zero-order chi connectivity index (χ0) is 13.6. The molecule has 0 aliphatic carbocycles. The molecule has 0 saturated carbocycles. The summed E-state index contributed by atoms with van der Waals surface area (Å²) < 4.78 is 4.54. The van der Waals surface area contributed by atoms with Crippen LogP contribution >= 0.6 is 11.6 Å². The highest BCUT2D eigenvalue weighted by molar-refractivity contribution is 6.22. The Kier molecular flexibility index (Phi) is 12.3. The molecule has 0 aliphatic rings. The van der Waals surface area contributed by atoms with Crippen molar-refractivity contribution in [3.8, 4) is 11.8 Å². The van der Waals surface area contributed by atoms with Crippen LogP contribution in [0.3, 0.4) is 0 Å². The normalized spacial score (nSPS) is 11.5. The van der Waals surface area contributed by atoms with Gasteiger partial charge in [-0.05, 0) is 12.8 Å². The SMILES string of the molecule is CCCCCCCCC#CC(Cl)CCC(=O)OC. The Morgan fingerprint density at radius 1 is 1.22 bits per heavy atom. The number of carbonyl (C=O) groups is 1. The van der Waals surface area contributed by atoms with Gasteiger partial charge in [-0.25, -0.2) is 0 Å². The Bertz CT molecular complexity index is 265. The van der Waals surface area contributed by atoms with Crippen LogP contribution in [-0.4, -0.2) is 18.5 Å². The zero-order valence-electron chi connectivity index (χ0n) is 11.6. The summed E-state index contributed by atoms with van der Waals surface area (Å²) in [5.41, 5.74) is 0. The zero-order valence-corrected chi connectivity index (χ0v) is 12.4. The van der Waals surface area contributed by atoms with Crippen molar-refractivity contribution in [1.29, 1.82) is 0 Å². The fraction of sp³-hybridized carbons (Fsp3) is 0.800. The highest BCUT2D eigenvalue weighted by Crippen LogP contribution is 2.07. The minimum atomic E-state index is -0.232. The van der Waals surface area contributed by atoms with E-state index in [1.807, 2.05) is 0 Å². The van der Waals surface area contributed by atoms with Crippen molar-refractivity contribution in [3.63, 3.8) is 0 Å². The van der Waals surface area contributed by atoms with Gasteiger partial charge in [0.15, 0.2) is 0 Å². The molecule has 0 N–H and O–H groups in total. The van der Waals surface area contributed by atoms with Crippen LogP contribution in [0.15, 0.2) is 0 Å². The lowest BCUT2D eigenvalue weighted by Crippen LogP contribution is -2.04. The Balaban J connectivity index is 3.43. The van der Waals surface area contributed by atoms with Crippen LogP contribution in [0.2, 0.25) is 0 Å². The molecule has 18 heavy (non-hydrogen) atoms. The van der Waals surface area contributed by atoms with E-state index >= 15 is 0 Å². The monoisotopic (exact) mass is 272 g/mol. The van der Waals surface area contributed by atoms with E-state index in [-0.39, 0.29) is 11.3 Å². The number of halogens is 1. The topological polar surface area (TPSA) is 26.3 Å². The Morgan fingerprint density at radius 3 is 2.56 bits per heavy atom. The third-order valence-electron chi connectivity index (χ3n) is 2.74. The first-order valence-corrected chi connectivity index (χ1v) is 7.33. The number of esters is 1. The van der Waals surface area contributed by atoms with Gasteiger partial charge in [0, 0.05) is 12.8 Å². The van der Waals surface area contributed by atoms with Crippen molar-refractivity contribution in [2.45, 2.75) is 70.1 Å². The molecule has 1 atom stereocenters. The third kappa shape index (κ3) is 11.8. The number of hydrogen-bond donors (Lipinski definition) is 0. The first-order chi connectivity index (χ1) is 8.70. The predicted molar refractivity (Wildman–Crippen MR) is 76.7 cm³/mol. The summed E-state index contributed by atoms with van der Waals surface area (Å²) in [7, 11) is 1.38. The molecule has 1 unspecified atom stereocenters. The van der Waals surface area contributed by atoms with Crippen LogP contribution in [0.5, 0.6) is 0 Å². The van der Waals surface area contributed by atoms with Crippen molar-refractivity contribution in [2.24, 2.45) is 0 Å². The van der Waals surface area contributed by atoms with E-state index in [9.17, 15) is 4.79 Å². The van der Waals surface area contributed by atoms with E-state index in [2.05, 4.69) is 23.5 Å². The molecule has 0 saturated heterocycles. The lowest BCUT2D eigenvalue weighted by Gasteiger charge is -2.00. The summed E-state index contributed by atoms with van der Waals surface area (Å²) in [6, 6.07) is 0. The van der Waals surface area contributed by atoms with Crippen molar-refractivity contribution >= 4 is 17.6 Å². The fourth-order valence-corrected chi connectivity index (χ4v) is 1.78. The summed E-state index contributed by atoms with van der Waals surface area (Å²) >= 11 is 5.98. The molecular formula is C15H25ClO2. The number of unbranched alkanes of at least 4 members (excludes halogenated alkanes) is 6. The number of rotatable bonds is 9.